The summed E-state index contributed by atoms with van der Waals surface area (Å²) >= 11 is 0. The molecule has 0 aliphatic carbocycles. The smallest absolute Gasteiger partial charge is 0.0837 e. The molecule has 2 unspecified atom stereocenters. The van der Waals surface area contributed by atoms with E-state index in [2.05, 4.69) is 5.32 Å². The zero-order valence-electron chi connectivity index (χ0n) is 6.53. The van der Waals surface area contributed by atoms with Crippen molar-refractivity contribution in [3.05, 3.63) is 0 Å². The molecule has 0 amide bonds. The summed E-state index contributed by atoms with van der Waals surface area (Å²) in [6.45, 7) is 1.35. The van der Waals surface area contributed by atoms with Crippen LogP contribution in [0.1, 0.15) is 0 Å². The van der Waals surface area contributed by atoms with E-state index >= 15 is 0 Å². The van der Waals surface area contributed by atoms with Gasteiger partial charge in [0.15, 0.2) is 0 Å². The third-order valence-corrected chi connectivity index (χ3v) is 1.38. The molecule has 0 fully saturated rings. The number of hydrogen-bond donors (Lipinski definition) is 5. The van der Waals surface area contributed by atoms with Crippen LogP contribution in [0.15, 0.2) is 0 Å². The minimum Gasteiger partial charge on any atom is -0.395 e. The van der Waals surface area contributed by atoms with Crippen LogP contribution in [-0.2, 0) is 0 Å². The van der Waals surface area contributed by atoms with Crippen LogP contribution < -0.4 is 16.8 Å². The quantitative estimate of drug-likeness (QED) is 0.272. The van der Waals surface area contributed by atoms with Crippen LogP contribution in [-0.4, -0.2) is 48.6 Å². The highest BCUT2D eigenvalue weighted by Crippen LogP contribution is 1.85. The lowest BCUT2D eigenvalue weighted by Crippen LogP contribution is -2.44. The van der Waals surface area contributed by atoms with Gasteiger partial charge in [0.1, 0.15) is 0 Å². The predicted octanol–water partition coefficient (Wildman–Crippen LogP) is -2.78. The third kappa shape index (κ3) is 5.11. The molecule has 5 nitrogen and oxygen atoms in total. The molecule has 0 bridgehead atoms. The second-order valence-corrected chi connectivity index (χ2v) is 2.41. The SMILES string of the molecule is NCCNCC(O)C(N)CO. The van der Waals surface area contributed by atoms with Crippen molar-refractivity contribution in [3.63, 3.8) is 0 Å². The van der Waals surface area contributed by atoms with Gasteiger partial charge in [0.25, 0.3) is 0 Å². The van der Waals surface area contributed by atoms with E-state index in [4.69, 9.17) is 21.7 Å². The molecule has 0 radical (unpaired) electrons. The number of nitrogens with one attached hydrogen (secondary N) is 1. The molecule has 0 aromatic rings. The molecule has 0 heterocycles. The van der Waals surface area contributed by atoms with Crippen molar-refractivity contribution in [3.8, 4) is 0 Å². The topological polar surface area (TPSA) is 105 Å². The predicted molar refractivity (Wildman–Crippen MR) is 43.0 cm³/mol. The molecular weight excluding hydrogens is 146 g/mol. The monoisotopic (exact) mass is 163 g/mol. The van der Waals surface area contributed by atoms with Gasteiger partial charge < -0.3 is 27.0 Å². The average molecular weight is 163 g/mol. The summed E-state index contributed by atoms with van der Waals surface area (Å²) in [5.74, 6) is 0. The Morgan fingerprint density at radius 2 is 2.09 bits per heavy atom. The largest absolute Gasteiger partial charge is 0.395 e. The van der Waals surface area contributed by atoms with Crippen LogP contribution >= 0.6 is 0 Å². The maximum atomic E-state index is 9.16. The summed E-state index contributed by atoms with van der Waals surface area (Å²) < 4.78 is 0. The molecule has 11 heavy (non-hydrogen) atoms. The van der Waals surface area contributed by atoms with Crippen LogP contribution in [0.25, 0.3) is 0 Å². The van der Waals surface area contributed by atoms with Gasteiger partial charge in [-0.3, -0.25) is 0 Å². The molecule has 7 N–H and O–H groups in total. The zero-order valence-corrected chi connectivity index (χ0v) is 6.53. The Labute approximate surface area is 66.4 Å². The van der Waals surface area contributed by atoms with E-state index in [1.807, 2.05) is 0 Å². The lowest BCUT2D eigenvalue weighted by atomic mass is 10.2. The maximum Gasteiger partial charge on any atom is 0.0837 e. The molecule has 0 aromatic carbocycles. The number of rotatable bonds is 6. The number of aliphatic hydroxyl groups is 2. The molecule has 0 spiro atoms. The summed E-state index contributed by atoms with van der Waals surface area (Å²) in [5, 5.41) is 20.6. The van der Waals surface area contributed by atoms with E-state index in [1.165, 1.54) is 0 Å². The molecule has 2 atom stereocenters. The fourth-order valence-electron chi connectivity index (χ4n) is 0.625. The van der Waals surface area contributed by atoms with Gasteiger partial charge in [-0.25, -0.2) is 0 Å². The van der Waals surface area contributed by atoms with Crippen molar-refractivity contribution in [2.24, 2.45) is 11.5 Å². The van der Waals surface area contributed by atoms with Gasteiger partial charge in [-0.1, -0.05) is 0 Å². The molecule has 0 rings (SSSR count). The van der Waals surface area contributed by atoms with E-state index < -0.39 is 12.1 Å². The highest BCUT2D eigenvalue weighted by molar-refractivity contribution is 4.72. The molecule has 0 aromatic heterocycles. The molecule has 5 heteroatoms. The molecule has 68 valence electrons. The lowest BCUT2D eigenvalue weighted by molar-refractivity contribution is 0.108. The molecule has 0 saturated carbocycles. The maximum absolute atomic E-state index is 9.16. The first-order chi connectivity index (χ1) is 5.22. The normalized spacial score (nSPS) is 16.4. The number of aliphatic hydroxyl groups excluding tert-OH is 2. The van der Waals surface area contributed by atoms with E-state index in [-0.39, 0.29) is 6.61 Å². The molecular formula is C6H17N3O2. The van der Waals surface area contributed by atoms with E-state index in [1.54, 1.807) is 0 Å². The zero-order chi connectivity index (χ0) is 8.69. The van der Waals surface area contributed by atoms with Crippen LogP contribution in [0.2, 0.25) is 0 Å². The van der Waals surface area contributed by atoms with Crippen molar-refractivity contribution in [2.75, 3.05) is 26.2 Å². The summed E-state index contributed by atoms with van der Waals surface area (Å²) in [7, 11) is 0. The van der Waals surface area contributed by atoms with Crippen molar-refractivity contribution in [2.45, 2.75) is 12.1 Å². The van der Waals surface area contributed by atoms with E-state index in [0.29, 0.717) is 19.6 Å². The minimum absolute atomic E-state index is 0.203. The fraction of sp³-hybridized carbons (Fsp3) is 1.00. The van der Waals surface area contributed by atoms with Gasteiger partial charge in [-0.2, -0.15) is 0 Å². The fourth-order valence-corrected chi connectivity index (χ4v) is 0.625. The van der Waals surface area contributed by atoms with Gasteiger partial charge >= 0.3 is 0 Å². The highest BCUT2D eigenvalue weighted by atomic mass is 16.3. The van der Waals surface area contributed by atoms with Crippen LogP contribution in [0.3, 0.4) is 0 Å². The van der Waals surface area contributed by atoms with Gasteiger partial charge in [0.2, 0.25) is 0 Å². The second-order valence-electron chi connectivity index (χ2n) is 2.41. The Bertz CT molecular complexity index is 91.9. The first-order valence-electron chi connectivity index (χ1n) is 3.67. The van der Waals surface area contributed by atoms with E-state index in [0.717, 1.165) is 0 Å². The van der Waals surface area contributed by atoms with Crippen LogP contribution in [0, 0.1) is 0 Å². The van der Waals surface area contributed by atoms with Gasteiger partial charge in [-0.05, 0) is 0 Å². The molecule has 0 saturated heterocycles. The third-order valence-electron chi connectivity index (χ3n) is 1.38. The lowest BCUT2D eigenvalue weighted by Gasteiger charge is -2.16. The first-order valence-corrected chi connectivity index (χ1v) is 3.67. The molecule has 0 aliphatic rings. The Kier molecular flexibility index (Phi) is 6.39. The average Bonchev–Trinajstić information content (AvgIpc) is 2.03. The Morgan fingerprint density at radius 3 is 2.55 bits per heavy atom. The summed E-state index contributed by atoms with van der Waals surface area (Å²) in [5.41, 5.74) is 10.5. The van der Waals surface area contributed by atoms with Gasteiger partial charge in [0, 0.05) is 19.6 Å². The molecule has 0 aliphatic heterocycles. The number of hydrogen-bond acceptors (Lipinski definition) is 5. The second kappa shape index (κ2) is 6.51. The highest BCUT2D eigenvalue weighted by Gasteiger charge is 2.11. The van der Waals surface area contributed by atoms with Gasteiger partial charge in [-0.15, -0.1) is 0 Å². The Hall–Kier alpha value is -0.200. The summed E-state index contributed by atoms with van der Waals surface area (Å²) in [6.07, 6.45) is -0.702. The summed E-state index contributed by atoms with van der Waals surface area (Å²) in [4.78, 5) is 0. The van der Waals surface area contributed by atoms with Gasteiger partial charge in [0.05, 0.1) is 18.8 Å². The first kappa shape index (κ1) is 10.8. The Morgan fingerprint density at radius 1 is 1.45 bits per heavy atom. The van der Waals surface area contributed by atoms with E-state index in [9.17, 15) is 0 Å². The Balaban J connectivity index is 3.28. The summed E-state index contributed by atoms with van der Waals surface area (Å²) in [6, 6.07) is -0.569. The van der Waals surface area contributed by atoms with Crippen LogP contribution in [0.4, 0.5) is 0 Å². The van der Waals surface area contributed by atoms with Crippen molar-refractivity contribution in [1.29, 1.82) is 0 Å². The van der Waals surface area contributed by atoms with Crippen molar-refractivity contribution >= 4 is 0 Å². The standard InChI is InChI=1S/C6H17N3O2/c7-1-2-9-3-6(11)5(8)4-10/h5-6,9-11H,1-4,7-8H2. The minimum atomic E-state index is -0.702. The van der Waals surface area contributed by atoms with Crippen molar-refractivity contribution < 1.29 is 10.2 Å². The number of nitrogens with two attached hydrogens (primary N) is 2. The van der Waals surface area contributed by atoms with Crippen LogP contribution in [0.5, 0.6) is 0 Å². The van der Waals surface area contributed by atoms with Crippen molar-refractivity contribution in [1.82, 2.24) is 5.32 Å².